The van der Waals surface area contributed by atoms with Crippen molar-refractivity contribution in [1.82, 2.24) is 0 Å². The first-order chi connectivity index (χ1) is 5.63. The third-order valence-electron chi connectivity index (χ3n) is 1.37. The second kappa shape index (κ2) is 2.97. The quantitative estimate of drug-likeness (QED) is 0.476. The summed E-state index contributed by atoms with van der Waals surface area (Å²) in [6.45, 7) is 0. The summed E-state index contributed by atoms with van der Waals surface area (Å²) in [5.41, 5.74) is 6.37. The molecule has 1 aromatic rings. The Morgan fingerprint density at radius 1 is 1.50 bits per heavy atom. The van der Waals surface area contributed by atoms with Crippen molar-refractivity contribution in [2.45, 2.75) is 0 Å². The van der Waals surface area contributed by atoms with Gasteiger partial charge < -0.3 is 10.8 Å². The minimum atomic E-state index is -1.03. The van der Waals surface area contributed by atoms with Crippen LogP contribution in [-0.4, -0.2) is 11.1 Å². The highest BCUT2D eigenvalue weighted by molar-refractivity contribution is 5.89. The zero-order chi connectivity index (χ0) is 9.14. The average molecular weight is 161 g/mol. The van der Waals surface area contributed by atoms with Crippen molar-refractivity contribution < 1.29 is 9.90 Å². The van der Waals surface area contributed by atoms with E-state index >= 15 is 0 Å². The van der Waals surface area contributed by atoms with Gasteiger partial charge in [-0.1, -0.05) is 5.92 Å². The maximum atomic E-state index is 10.5. The molecule has 0 amide bonds. The van der Waals surface area contributed by atoms with E-state index in [0.717, 1.165) is 0 Å². The summed E-state index contributed by atoms with van der Waals surface area (Å²) in [5, 5.41) is 8.61. The standard InChI is InChI=1S/C9H7NO2/c1-2-6-3-7(9(11)12)5-8(10)4-6/h1,3-5H,10H2,(H,11,12). The van der Waals surface area contributed by atoms with Crippen molar-refractivity contribution in [1.29, 1.82) is 0 Å². The van der Waals surface area contributed by atoms with E-state index in [1.165, 1.54) is 12.1 Å². The Kier molecular flexibility index (Phi) is 2.02. The number of carboxylic acids is 1. The second-order valence-electron chi connectivity index (χ2n) is 2.29. The van der Waals surface area contributed by atoms with Gasteiger partial charge in [-0.15, -0.1) is 6.42 Å². The normalized spacial score (nSPS) is 8.92. The highest BCUT2D eigenvalue weighted by atomic mass is 16.4. The molecule has 0 unspecified atom stereocenters. The molecule has 1 aromatic carbocycles. The summed E-state index contributed by atoms with van der Waals surface area (Å²) in [7, 11) is 0. The zero-order valence-electron chi connectivity index (χ0n) is 6.24. The van der Waals surface area contributed by atoms with Crippen LogP contribution in [0.25, 0.3) is 0 Å². The molecule has 0 radical (unpaired) electrons. The van der Waals surface area contributed by atoms with Crippen LogP contribution in [0.15, 0.2) is 18.2 Å². The Hall–Kier alpha value is -1.95. The van der Waals surface area contributed by atoms with Gasteiger partial charge in [0.2, 0.25) is 0 Å². The largest absolute Gasteiger partial charge is 0.478 e. The van der Waals surface area contributed by atoms with Crippen LogP contribution < -0.4 is 5.73 Å². The molecule has 0 heterocycles. The molecule has 1 rings (SSSR count). The van der Waals surface area contributed by atoms with E-state index in [2.05, 4.69) is 5.92 Å². The Morgan fingerprint density at radius 3 is 2.67 bits per heavy atom. The third kappa shape index (κ3) is 1.55. The van der Waals surface area contributed by atoms with Gasteiger partial charge in [-0.05, 0) is 18.2 Å². The van der Waals surface area contributed by atoms with Crippen molar-refractivity contribution in [2.24, 2.45) is 0 Å². The van der Waals surface area contributed by atoms with Gasteiger partial charge in [-0.2, -0.15) is 0 Å². The summed E-state index contributed by atoms with van der Waals surface area (Å²) in [5.74, 6) is 1.29. The van der Waals surface area contributed by atoms with Crippen molar-refractivity contribution in [3.05, 3.63) is 29.3 Å². The van der Waals surface area contributed by atoms with E-state index in [9.17, 15) is 4.79 Å². The van der Waals surface area contributed by atoms with Gasteiger partial charge in [0.1, 0.15) is 0 Å². The van der Waals surface area contributed by atoms with Gasteiger partial charge in [-0.3, -0.25) is 0 Å². The highest BCUT2D eigenvalue weighted by Crippen LogP contribution is 2.10. The summed E-state index contributed by atoms with van der Waals surface area (Å²) < 4.78 is 0. The minimum absolute atomic E-state index is 0.114. The topological polar surface area (TPSA) is 63.3 Å². The number of nitrogen functional groups attached to an aromatic ring is 1. The molecular formula is C9H7NO2. The van der Waals surface area contributed by atoms with Crippen LogP contribution in [0, 0.1) is 12.3 Å². The van der Waals surface area contributed by atoms with Crippen molar-refractivity contribution in [3.8, 4) is 12.3 Å². The summed E-state index contributed by atoms with van der Waals surface area (Å²) in [6, 6.07) is 4.31. The van der Waals surface area contributed by atoms with Crippen LogP contribution in [0.2, 0.25) is 0 Å². The molecule has 0 aliphatic heterocycles. The molecule has 3 heteroatoms. The number of hydrogen-bond donors (Lipinski definition) is 2. The van der Waals surface area contributed by atoms with Gasteiger partial charge >= 0.3 is 5.97 Å². The van der Waals surface area contributed by atoms with E-state index < -0.39 is 5.97 Å². The number of benzene rings is 1. The van der Waals surface area contributed by atoms with Crippen LogP contribution >= 0.6 is 0 Å². The van der Waals surface area contributed by atoms with E-state index in [0.29, 0.717) is 11.3 Å². The number of hydrogen-bond acceptors (Lipinski definition) is 2. The lowest BCUT2D eigenvalue weighted by atomic mass is 10.1. The van der Waals surface area contributed by atoms with Gasteiger partial charge in [0.25, 0.3) is 0 Å². The summed E-state index contributed by atoms with van der Waals surface area (Å²) in [6.07, 6.45) is 5.09. The first-order valence-corrected chi connectivity index (χ1v) is 3.24. The Balaban J connectivity index is 3.26. The maximum absolute atomic E-state index is 10.5. The molecule has 0 atom stereocenters. The first kappa shape index (κ1) is 8.15. The Morgan fingerprint density at radius 2 is 2.17 bits per heavy atom. The molecule has 0 aliphatic carbocycles. The fraction of sp³-hybridized carbons (Fsp3) is 0. The lowest BCUT2D eigenvalue weighted by Gasteiger charge is -1.98. The molecule has 0 fully saturated rings. The number of nitrogens with two attached hydrogens (primary N) is 1. The summed E-state index contributed by atoms with van der Waals surface area (Å²) in [4.78, 5) is 10.5. The molecular weight excluding hydrogens is 154 g/mol. The molecule has 60 valence electrons. The SMILES string of the molecule is C#Cc1cc(N)cc(C(=O)O)c1. The predicted octanol–water partition coefficient (Wildman–Crippen LogP) is 0.948. The minimum Gasteiger partial charge on any atom is -0.478 e. The van der Waals surface area contributed by atoms with Crippen LogP contribution in [0.5, 0.6) is 0 Å². The average Bonchev–Trinajstić information content (AvgIpc) is 2.03. The van der Waals surface area contributed by atoms with Crippen LogP contribution in [0.1, 0.15) is 15.9 Å². The Labute approximate surface area is 69.8 Å². The molecule has 0 aliphatic rings. The number of aromatic carboxylic acids is 1. The van der Waals surface area contributed by atoms with E-state index in [1.807, 2.05) is 0 Å². The van der Waals surface area contributed by atoms with Gasteiger partial charge in [0.15, 0.2) is 0 Å². The van der Waals surface area contributed by atoms with Crippen molar-refractivity contribution >= 4 is 11.7 Å². The molecule has 12 heavy (non-hydrogen) atoms. The van der Waals surface area contributed by atoms with Gasteiger partial charge in [0, 0.05) is 11.3 Å². The van der Waals surface area contributed by atoms with Crippen molar-refractivity contribution in [2.75, 3.05) is 5.73 Å². The van der Waals surface area contributed by atoms with E-state index in [-0.39, 0.29) is 5.56 Å². The fourth-order valence-corrected chi connectivity index (χ4v) is 0.858. The van der Waals surface area contributed by atoms with E-state index in [4.69, 9.17) is 17.3 Å². The molecule has 3 nitrogen and oxygen atoms in total. The smallest absolute Gasteiger partial charge is 0.335 e. The number of terminal acetylenes is 1. The zero-order valence-corrected chi connectivity index (χ0v) is 6.24. The lowest BCUT2D eigenvalue weighted by Crippen LogP contribution is -1.98. The lowest BCUT2D eigenvalue weighted by molar-refractivity contribution is 0.0697. The highest BCUT2D eigenvalue weighted by Gasteiger charge is 2.03. The number of anilines is 1. The third-order valence-corrected chi connectivity index (χ3v) is 1.37. The maximum Gasteiger partial charge on any atom is 0.335 e. The molecule has 0 aromatic heterocycles. The van der Waals surface area contributed by atoms with Crippen molar-refractivity contribution in [3.63, 3.8) is 0 Å². The summed E-state index contributed by atoms with van der Waals surface area (Å²) >= 11 is 0. The number of rotatable bonds is 1. The molecule has 0 saturated heterocycles. The Bertz CT molecular complexity index is 363. The second-order valence-corrected chi connectivity index (χ2v) is 2.29. The monoisotopic (exact) mass is 161 g/mol. The van der Waals surface area contributed by atoms with Crippen LogP contribution in [0.4, 0.5) is 5.69 Å². The molecule has 0 bridgehead atoms. The molecule has 0 saturated carbocycles. The number of carbonyl (C=O) groups is 1. The number of carboxylic acid groups (broad SMARTS) is 1. The first-order valence-electron chi connectivity index (χ1n) is 3.24. The fourth-order valence-electron chi connectivity index (χ4n) is 0.858. The molecule has 0 spiro atoms. The van der Waals surface area contributed by atoms with Crippen LogP contribution in [-0.2, 0) is 0 Å². The van der Waals surface area contributed by atoms with Crippen LogP contribution in [0.3, 0.4) is 0 Å². The molecule has 3 N–H and O–H groups in total. The van der Waals surface area contributed by atoms with E-state index in [1.54, 1.807) is 6.07 Å². The predicted molar refractivity (Wildman–Crippen MR) is 45.7 cm³/mol. The van der Waals surface area contributed by atoms with Gasteiger partial charge in [-0.25, -0.2) is 4.79 Å². The van der Waals surface area contributed by atoms with Gasteiger partial charge in [0.05, 0.1) is 5.56 Å².